The molecule has 0 aromatic carbocycles. The van der Waals surface area contributed by atoms with Gasteiger partial charge in [0.15, 0.2) is 0 Å². The molecule has 2 fully saturated rings. The number of carboxylic acids is 1. The van der Waals surface area contributed by atoms with E-state index in [1.54, 1.807) is 0 Å². The first-order valence-electron chi connectivity index (χ1n) is 8.97. The number of likely N-dealkylation sites (tertiary alicyclic amines) is 1. The molecule has 1 atom stereocenters. The molecule has 1 aromatic rings. The third-order valence-corrected chi connectivity index (χ3v) is 4.76. The zero-order valence-corrected chi connectivity index (χ0v) is 15.6. The third-order valence-electron chi connectivity index (χ3n) is 4.76. The third kappa shape index (κ3) is 6.51. The number of carbonyl (C=O) groups is 1. The van der Waals surface area contributed by atoms with Gasteiger partial charge in [0.05, 0.1) is 24.9 Å². The molecule has 0 bridgehead atoms. The van der Waals surface area contributed by atoms with E-state index in [4.69, 9.17) is 23.8 Å². The van der Waals surface area contributed by atoms with Crippen LogP contribution in [-0.2, 0) is 20.8 Å². The molecule has 0 aliphatic carbocycles. The molecule has 0 saturated carbocycles. The van der Waals surface area contributed by atoms with Crippen molar-refractivity contribution in [3.63, 3.8) is 0 Å². The Hall–Kier alpha value is -1.58. The maximum absolute atomic E-state index is 10.6. The fourth-order valence-corrected chi connectivity index (χ4v) is 3.40. The summed E-state index contributed by atoms with van der Waals surface area (Å²) in [5.41, 5.74) is 0.0788. The van der Waals surface area contributed by atoms with E-state index in [2.05, 4.69) is 17.9 Å². The molecule has 2 aliphatic heterocycles. The van der Waals surface area contributed by atoms with Gasteiger partial charge in [-0.2, -0.15) is 13.2 Å². The number of hydrogen-bond acceptors (Lipinski definition) is 5. The topological polar surface area (TPSA) is 72.1 Å². The van der Waals surface area contributed by atoms with Crippen LogP contribution in [0.3, 0.4) is 0 Å². The Morgan fingerprint density at radius 2 is 2.00 bits per heavy atom. The van der Waals surface area contributed by atoms with E-state index in [0.29, 0.717) is 6.10 Å². The van der Waals surface area contributed by atoms with Gasteiger partial charge in [-0.15, -0.1) is 0 Å². The predicted octanol–water partition coefficient (Wildman–Crippen LogP) is 3.38. The number of rotatable bonds is 4. The predicted molar refractivity (Wildman–Crippen MR) is 90.4 cm³/mol. The van der Waals surface area contributed by atoms with Crippen LogP contribution in [0, 0.1) is 6.92 Å². The molecule has 1 aromatic heterocycles. The monoisotopic (exact) mass is 393 g/mol. The highest BCUT2D eigenvalue weighted by Gasteiger charge is 2.43. The van der Waals surface area contributed by atoms with Crippen LogP contribution in [0.25, 0.3) is 0 Å². The zero-order valence-electron chi connectivity index (χ0n) is 15.6. The van der Waals surface area contributed by atoms with Crippen LogP contribution in [0.1, 0.15) is 37.7 Å². The van der Waals surface area contributed by atoms with Crippen molar-refractivity contribution in [2.75, 3.05) is 26.3 Å². The maximum atomic E-state index is 10.6. The van der Waals surface area contributed by atoms with Gasteiger partial charge in [-0.05, 0) is 38.8 Å². The number of ether oxygens (including phenoxy) is 2. The maximum Gasteiger partial charge on any atom is 0.490 e. The molecular weight excluding hydrogens is 367 g/mol. The summed E-state index contributed by atoms with van der Waals surface area (Å²) in [4.78, 5) is 11.4. The minimum atomic E-state index is -5.08. The van der Waals surface area contributed by atoms with E-state index in [-0.39, 0.29) is 5.60 Å². The second-order valence-electron chi connectivity index (χ2n) is 6.87. The first-order valence-corrected chi connectivity index (χ1v) is 8.97. The molecular formula is C18H26F3NO5. The first kappa shape index (κ1) is 21.7. The number of hydrogen-bond donors (Lipinski definition) is 1. The van der Waals surface area contributed by atoms with Crippen LogP contribution in [0.5, 0.6) is 0 Å². The summed E-state index contributed by atoms with van der Waals surface area (Å²) in [6.07, 6.45) is -1.50. The highest BCUT2D eigenvalue weighted by molar-refractivity contribution is 5.73. The van der Waals surface area contributed by atoms with Crippen LogP contribution in [0.4, 0.5) is 13.2 Å². The standard InChI is InChI=1S/C16H25NO3.C2HF3O2/c1-3-18-15-10-16(19-12-15)6-8-17(9-7-16)11-14-5-4-13(2)20-14;3-2(4,5)1(6)7/h4-5,15H,3,6-12H2,1-2H3;(H,6,7). The Morgan fingerprint density at radius 3 is 2.48 bits per heavy atom. The average Bonchev–Trinajstić information content (AvgIpc) is 3.17. The van der Waals surface area contributed by atoms with Crippen LogP contribution in [0.15, 0.2) is 16.5 Å². The molecule has 27 heavy (non-hydrogen) atoms. The van der Waals surface area contributed by atoms with E-state index in [1.807, 2.05) is 13.0 Å². The van der Waals surface area contributed by atoms with Crippen molar-refractivity contribution in [2.24, 2.45) is 0 Å². The number of halogens is 3. The number of nitrogens with zero attached hydrogens (tertiary/aromatic N) is 1. The van der Waals surface area contributed by atoms with Gasteiger partial charge in [0.2, 0.25) is 0 Å². The summed E-state index contributed by atoms with van der Waals surface area (Å²) in [5, 5.41) is 7.12. The Bertz CT molecular complexity index is 608. The van der Waals surface area contributed by atoms with E-state index in [1.165, 1.54) is 0 Å². The van der Waals surface area contributed by atoms with Crippen molar-refractivity contribution in [3.05, 3.63) is 23.7 Å². The van der Waals surface area contributed by atoms with Gasteiger partial charge in [0, 0.05) is 26.1 Å². The average molecular weight is 393 g/mol. The normalized spacial score (nSPS) is 22.5. The molecule has 2 saturated heterocycles. The Morgan fingerprint density at radius 1 is 1.37 bits per heavy atom. The molecule has 154 valence electrons. The van der Waals surface area contributed by atoms with Crippen molar-refractivity contribution in [3.8, 4) is 0 Å². The van der Waals surface area contributed by atoms with Crippen LogP contribution < -0.4 is 0 Å². The SMILES string of the molecule is CCOC1COC2(CCN(Cc3ccc(C)o3)CC2)C1.O=C(O)C(F)(F)F. The van der Waals surface area contributed by atoms with Crippen molar-refractivity contribution in [2.45, 2.75) is 57.5 Å². The van der Waals surface area contributed by atoms with E-state index < -0.39 is 12.1 Å². The van der Waals surface area contributed by atoms with Gasteiger partial charge in [0.25, 0.3) is 0 Å². The van der Waals surface area contributed by atoms with Crippen molar-refractivity contribution in [1.29, 1.82) is 0 Å². The Balaban J connectivity index is 0.000000321. The molecule has 3 rings (SSSR count). The van der Waals surface area contributed by atoms with Crippen LogP contribution in [0.2, 0.25) is 0 Å². The lowest BCUT2D eigenvalue weighted by Crippen LogP contribution is -2.43. The summed E-state index contributed by atoms with van der Waals surface area (Å²) >= 11 is 0. The summed E-state index contributed by atoms with van der Waals surface area (Å²) < 4.78 is 49.2. The van der Waals surface area contributed by atoms with Crippen molar-refractivity contribution >= 4 is 5.97 Å². The van der Waals surface area contributed by atoms with E-state index in [9.17, 15) is 13.2 Å². The molecule has 1 N–H and O–H groups in total. The lowest BCUT2D eigenvalue weighted by molar-refractivity contribution is -0.192. The lowest BCUT2D eigenvalue weighted by Gasteiger charge is -2.38. The summed E-state index contributed by atoms with van der Waals surface area (Å²) in [6, 6.07) is 4.12. The molecule has 0 amide bonds. The summed E-state index contributed by atoms with van der Waals surface area (Å²) in [5.74, 6) is -0.697. The molecule has 6 nitrogen and oxygen atoms in total. The van der Waals surface area contributed by atoms with Gasteiger partial charge in [-0.3, -0.25) is 4.90 Å². The smallest absolute Gasteiger partial charge is 0.475 e. The number of carboxylic acid groups (broad SMARTS) is 1. The Labute approximate surface area is 156 Å². The van der Waals surface area contributed by atoms with Gasteiger partial charge in [0.1, 0.15) is 11.5 Å². The molecule has 1 spiro atoms. The quantitative estimate of drug-likeness (QED) is 0.846. The van der Waals surface area contributed by atoms with Gasteiger partial charge < -0.3 is 19.0 Å². The minimum absolute atomic E-state index is 0.0788. The zero-order chi connectivity index (χ0) is 20.1. The van der Waals surface area contributed by atoms with Crippen molar-refractivity contribution < 1.29 is 37.0 Å². The van der Waals surface area contributed by atoms with Crippen molar-refractivity contribution in [1.82, 2.24) is 4.90 Å². The molecule has 3 heterocycles. The minimum Gasteiger partial charge on any atom is -0.475 e. The van der Waals surface area contributed by atoms with Crippen LogP contribution in [-0.4, -0.2) is 60.2 Å². The lowest BCUT2D eigenvalue weighted by atomic mass is 9.88. The highest BCUT2D eigenvalue weighted by atomic mass is 19.4. The fraction of sp³-hybridized carbons (Fsp3) is 0.722. The molecule has 2 aliphatic rings. The van der Waals surface area contributed by atoms with E-state index in [0.717, 1.165) is 63.6 Å². The number of aryl methyl sites for hydroxylation is 1. The highest BCUT2D eigenvalue weighted by Crippen LogP contribution is 2.37. The van der Waals surface area contributed by atoms with Gasteiger partial charge >= 0.3 is 12.1 Å². The van der Waals surface area contributed by atoms with Crippen LogP contribution >= 0.6 is 0 Å². The fourth-order valence-electron chi connectivity index (χ4n) is 3.40. The summed E-state index contributed by atoms with van der Waals surface area (Å²) in [7, 11) is 0. The second kappa shape index (κ2) is 9.07. The molecule has 0 radical (unpaired) electrons. The number of aliphatic carboxylic acids is 1. The van der Waals surface area contributed by atoms with Gasteiger partial charge in [-0.25, -0.2) is 4.79 Å². The first-order chi connectivity index (χ1) is 12.6. The number of furan rings is 1. The summed E-state index contributed by atoms with van der Waals surface area (Å²) in [6.45, 7) is 8.68. The number of piperidine rings is 1. The molecule has 1 unspecified atom stereocenters. The Kier molecular flexibility index (Phi) is 7.30. The largest absolute Gasteiger partial charge is 0.490 e. The van der Waals surface area contributed by atoms with E-state index >= 15 is 0 Å². The molecule has 9 heteroatoms. The number of alkyl halides is 3. The second-order valence-corrected chi connectivity index (χ2v) is 6.87. The van der Waals surface area contributed by atoms with Gasteiger partial charge in [-0.1, -0.05) is 0 Å².